The second kappa shape index (κ2) is 12.5. The molecule has 2 N–H and O–H groups in total. The zero-order valence-electron chi connectivity index (χ0n) is 14.1. The number of nitrogens with one attached hydrogen (secondary N) is 2. The van der Waals surface area contributed by atoms with E-state index in [0.29, 0.717) is 12.4 Å². The van der Waals surface area contributed by atoms with E-state index in [1.165, 1.54) is 12.8 Å². The Kier molecular flexibility index (Phi) is 11.9. The zero-order valence-corrected chi connectivity index (χ0v) is 16.4. The van der Waals surface area contributed by atoms with Gasteiger partial charge < -0.3 is 15.4 Å². The van der Waals surface area contributed by atoms with E-state index in [2.05, 4.69) is 34.5 Å². The molecule has 22 heavy (non-hydrogen) atoms. The predicted molar refractivity (Wildman–Crippen MR) is 103 cm³/mol. The first-order valence-electron chi connectivity index (χ1n) is 7.59. The summed E-state index contributed by atoms with van der Waals surface area (Å²) in [5.41, 5.74) is 1.02. The fourth-order valence-corrected chi connectivity index (χ4v) is 2.03. The van der Waals surface area contributed by atoms with Crippen LogP contribution < -0.4 is 15.4 Å². The number of guanidine groups is 1. The number of pyridine rings is 1. The SMILES string of the molecule is CN=C(NCCCCC(C)C)NCc1cccnc1OC.I. The van der Waals surface area contributed by atoms with Gasteiger partial charge in [0, 0.05) is 31.9 Å². The van der Waals surface area contributed by atoms with Crippen LogP contribution in [0.3, 0.4) is 0 Å². The molecule has 0 fully saturated rings. The third-order valence-electron chi connectivity index (χ3n) is 3.21. The van der Waals surface area contributed by atoms with Crippen molar-refractivity contribution in [2.24, 2.45) is 10.9 Å². The van der Waals surface area contributed by atoms with Gasteiger partial charge in [0.1, 0.15) is 0 Å². The van der Waals surface area contributed by atoms with Crippen molar-refractivity contribution in [3.8, 4) is 5.88 Å². The Bertz CT molecular complexity index is 438. The van der Waals surface area contributed by atoms with Crippen LogP contribution >= 0.6 is 24.0 Å². The third-order valence-corrected chi connectivity index (χ3v) is 3.21. The first-order chi connectivity index (χ1) is 10.2. The highest BCUT2D eigenvalue weighted by Crippen LogP contribution is 2.12. The van der Waals surface area contributed by atoms with E-state index < -0.39 is 0 Å². The van der Waals surface area contributed by atoms with Crippen LogP contribution in [0.1, 0.15) is 38.7 Å². The van der Waals surface area contributed by atoms with Gasteiger partial charge in [-0.1, -0.05) is 32.8 Å². The second-order valence-corrected chi connectivity index (χ2v) is 5.41. The van der Waals surface area contributed by atoms with Gasteiger partial charge in [-0.15, -0.1) is 24.0 Å². The molecule has 1 heterocycles. The second-order valence-electron chi connectivity index (χ2n) is 5.41. The quantitative estimate of drug-likeness (QED) is 0.294. The van der Waals surface area contributed by atoms with Crippen molar-refractivity contribution in [2.75, 3.05) is 20.7 Å². The summed E-state index contributed by atoms with van der Waals surface area (Å²) in [6.45, 7) is 6.10. The first-order valence-corrected chi connectivity index (χ1v) is 7.59. The van der Waals surface area contributed by atoms with Crippen molar-refractivity contribution < 1.29 is 4.74 Å². The first kappa shape index (κ1) is 20.9. The summed E-state index contributed by atoms with van der Waals surface area (Å²) in [7, 11) is 3.41. The molecular formula is C16H29IN4O. The van der Waals surface area contributed by atoms with Gasteiger partial charge in [0.25, 0.3) is 0 Å². The summed E-state index contributed by atoms with van der Waals surface area (Å²) < 4.78 is 5.24. The van der Waals surface area contributed by atoms with Gasteiger partial charge in [-0.05, 0) is 18.4 Å². The Morgan fingerprint density at radius 2 is 2.09 bits per heavy atom. The Morgan fingerprint density at radius 1 is 1.32 bits per heavy atom. The lowest BCUT2D eigenvalue weighted by Gasteiger charge is -2.13. The van der Waals surface area contributed by atoms with E-state index in [0.717, 1.165) is 30.4 Å². The van der Waals surface area contributed by atoms with E-state index in [4.69, 9.17) is 4.74 Å². The van der Waals surface area contributed by atoms with Gasteiger partial charge in [0.2, 0.25) is 5.88 Å². The van der Waals surface area contributed by atoms with Crippen LogP contribution in [-0.4, -0.2) is 31.6 Å². The van der Waals surface area contributed by atoms with Crippen molar-refractivity contribution in [3.05, 3.63) is 23.9 Å². The average Bonchev–Trinajstić information content (AvgIpc) is 2.50. The summed E-state index contributed by atoms with van der Waals surface area (Å²) in [4.78, 5) is 8.41. The van der Waals surface area contributed by atoms with Gasteiger partial charge in [0.05, 0.1) is 7.11 Å². The molecule has 0 aliphatic rings. The summed E-state index contributed by atoms with van der Waals surface area (Å²) in [6.07, 6.45) is 5.41. The number of hydrogen-bond acceptors (Lipinski definition) is 3. The monoisotopic (exact) mass is 420 g/mol. The van der Waals surface area contributed by atoms with Crippen LogP contribution in [-0.2, 0) is 6.54 Å². The normalized spacial score (nSPS) is 11.0. The molecular weight excluding hydrogens is 391 g/mol. The fraction of sp³-hybridized carbons (Fsp3) is 0.625. The van der Waals surface area contributed by atoms with Crippen molar-refractivity contribution in [3.63, 3.8) is 0 Å². The molecule has 0 unspecified atom stereocenters. The van der Waals surface area contributed by atoms with Crippen LogP contribution in [0.15, 0.2) is 23.3 Å². The minimum absolute atomic E-state index is 0. The molecule has 0 spiro atoms. The van der Waals surface area contributed by atoms with Crippen LogP contribution in [0, 0.1) is 5.92 Å². The van der Waals surface area contributed by atoms with Gasteiger partial charge in [-0.25, -0.2) is 4.98 Å². The Labute approximate surface area is 151 Å². The number of aromatic nitrogens is 1. The zero-order chi connectivity index (χ0) is 15.5. The molecule has 0 aromatic carbocycles. The van der Waals surface area contributed by atoms with Crippen molar-refractivity contribution in [2.45, 2.75) is 39.7 Å². The predicted octanol–water partition coefficient (Wildman–Crippen LogP) is 3.20. The number of nitrogens with zero attached hydrogens (tertiary/aromatic N) is 2. The molecule has 0 aliphatic carbocycles. The van der Waals surface area contributed by atoms with Gasteiger partial charge in [0.15, 0.2) is 5.96 Å². The standard InChI is InChI=1S/C16H28N4O.HI/c1-13(2)8-5-6-10-19-16(17-3)20-12-14-9-7-11-18-15(14)21-4;/h7,9,11,13H,5-6,8,10,12H2,1-4H3,(H2,17,19,20);1H. The Hall–Kier alpha value is -1.05. The summed E-state index contributed by atoms with van der Waals surface area (Å²) in [5.74, 6) is 2.24. The number of hydrogen-bond donors (Lipinski definition) is 2. The molecule has 0 amide bonds. The van der Waals surface area contributed by atoms with Crippen molar-refractivity contribution in [1.29, 1.82) is 0 Å². The van der Waals surface area contributed by atoms with E-state index in [1.807, 2.05) is 12.1 Å². The van der Waals surface area contributed by atoms with E-state index in [-0.39, 0.29) is 24.0 Å². The van der Waals surface area contributed by atoms with Gasteiger partial charge >= 0.3 is 0 Å². The Morgan fingerprint density at radius 3 is 2.73 bits per heavy atom. The van der Waals surface area contributed by atoms with Crippen LogP contribution in [0.25, 0.3) is 0 Å². The lowest BCUT2D eigenvalue weighted by Crippen LogP contribution is -2.37. The van der Waals surface area contributed by atoms with Crippen LogP contribution in [0.5, 0.6) is 5.88 Å². The molecule has 6 heteroatoms. The molecule has 5 nitrogen and oxygen atoms in total. The minimum atomic E-state index is 0. The smallest absolute Gasteiger partial charge is 0.218 e. The lowest BCUT2D eigenvalue weighted by molar-refractivity contribution is 0.392. The van der Waals surface area contributed by atoms with E-state index in [1.54, 1.807) is 20.4 Å². The largest absolute Gasteiger partial charge is 0.481 e. The molecule has 0 aliphatic heterocycles. The molecule has 0 saturated heterocycles. The summed E-state index contributed by atoms with van der Waals surface area (Å²) >= 11 is 0. The molecule has 1 rings (SSSR count). The highest BCUT2D eigenvalue weighted by atomic mass is 127. The number of ether oxygens (including phenoxy) is 1. The maximum atomic E-state index is 5.24. The molecule has 0 saturated carbocycles. The highest BCUT2D eigenvalue weighted by Gasteiger charge is 2.04. The maximum absolute atomic E-state index is 5.24. The van der Waals surface area contributed by atoms with Crippen molar-refractivity contribution in [1.82, 2.24) is 15.6 Å². The Balaban J connectivity index is 0.00000441. The van der Waals surface area contributed by atoms with Gasteiger partial charge in [-0.3, -0.25) is 4.99 Å². The number of rotatable bonds is 8. The maximum Gasteiger partial charge on any atom is 0.218 e. The third kappa shape index (κ3) is 8.41. The number of aliphatic imine (C=N–C) groups is 1. The highest BCUT2D eigenvalue weighted by molar-refractivity contribution is 14.0. The summed E-state index contributed by atoms with van der Waals surface area (Å²) in [6, 6.07) is 3.90. The minimum Gasteiger partial charge on any atom is -0.481 e. The van der Waals surface area contributed by atoms with E-state index in [9.17, 15) is 0 Å². The fourth-order valence-electron chi connectivity index (χ4n) is 2.03. The number of methoxy groups -OCH3 is 1. The molecule has 0 radical (unpaired) electrons. The van der Waals surface area contributed by atoms with E-state index >= 15 is 0 Å². The topological polar surface area (TPSA) is 58.5 Å². The molecule has 0 atom stereocenters. The van der Waals surface area contributed by atoms with Crippen molar-refractivity contribution >= 4 is 29.9 Å². The molecule has 0 bridgehead atoms. The molecule has 126 valence electrons. The number of unbranched alkanes of at least 4 members (excludes halogenated alkanes) is 1. The molecule has 1 aromatic heterocycles. The average molecular weight is 420 g/mol. The molecule has 1 aromatic rings. The number of halogens is 1. The van der Waals surface area contributed by atoms with Crippen LogP contribution in [0.4, 0.5) is 0 Å². The lowest BCUT2D eigenvalue weighted by atomic mass is 10.1. The summed E-state index contributed by atoms with van der Waals surface area (Å²) in [5, 5.41) is 6.61. The van der Waals surface area contributed by atoms with Crippen LogP contribution in [0.2, 0.25) is 0 Å². The van der Waals surface area contributed by atoms with Gasteiger partial charge in [-0.2, -0.15) is 0 Å².